The Morgan fingerprint density at radius 2 is 1.84 bits per heavy atom. The van der Waals surface area contributed by atoms with E-state index in [0.29, 0.717) is 25.3 Å². The lowest BCUT2D eigenvalue weighted by atomic mass is 10.4. The van der Waals surface area contributed by atoms with Crippen LogP contribution in [0.3, 0.4) is 0 Å². The quantitative estimate of drug-likeness (QED) is 0.229. The van der Waals surface area contributed by atoms with Crippen molar-refractivity contribution in [2.45, 2.75) is 4.33 Å². The molecule has 0 aromatic rings. The van der Waals surface area contributed by atoms with Crippen molar-refractivity contribution in [2.24, 2.45) is 0 Å². The van der Waals surface area contributed by atoms with Gasteiger partial charge in [0.05, 0.1) is 25.3 Å². The number of allylic oxidation sites excluding steroid dienone is 2. The molecule has 1 atom stereocenters. The molecule has 102 valence electrons. The van der Waals surface area contributed by atoms with Crippen LogP contribution in [-0.4, -0.2) is 14.5 Å². The summed E-state index contributed by atoms with van der Waals surface area (Å²) >= 11 is 23.4. The Balaban J connectivity index is 2.72. The van der Waals surface area contributed by atoms with Gasteiger partial charge in [-0.1, -0.05) is 46.6 Å². The Kier molecular flexibility index (Phi) is 8.08. The molecule has 0 bridgehead atoms. The third-order valence-electron chi connectivity index (χ3n) is 1.76. The van der Waals surface area contributed by atoms with Crippen molar-refractivity contribution < 1.29 is 0 Å². The predicted octanol–water partition coefficient (Wildman–Crippen LogP) is 4.82. The molecular weight excluding hydrogens is 385 g/mol. The number of nitriles is 2. The lowest BCUT2D eigenvalue weighted by Crippen LogP contribution is -2.38. The zero-order chi connectivity index (χ0) is 14.3. The molecular formula is C9H6Cl3N3S4. The molecule has 1 unspecified atom stereocenters. The fraction of sp³-hybridized carbons (Fsp3) is 0.333. The monoisotopic (exact) mass is 389 g/mol. The first-order valence-corrected chi connectivity index (χ1v) is 9.64. The summed E-state index contributed by atoms with van der Waals surface area (Å²) in [5.41, 5.74) is 0. The van der Waals surface area contributed by atoms with Crippen molar-refractivity contribution in [2.75, 3.05) is 10.2 Å². The summed E-state index contributed by atoms with van der Waals surface area (Å²) in [5.74, 6) is 0. The molecule has 1 rings (SSSR count). The van der Waals surface area contributed by atoms with E-state index in [-0.39, 0.29) is 0 Å². The first-order chi connectivity index (χ1) is 9.03. The first-order valence-electron chi connectivity index (χ1n) is 4.56. The summed E-state index contributed by atoms with van der Waals surface area (Å²) in [6.45, 7) is 0. The lowest BCUT2D eigenvalue weighted by molar-refractivity contribution is 0.815. The van der Waals surface area contributed by atoms with E-state index in [1.165, 1.54) is 23.5 Å². The fourth-order valence-corrected chi connectivity index (χ4v) is 5.17. The van der Waals surface area contributed by atoms with E-state index in [9.17, 15) is 0 Å². The topological polar surface area (TPSA) is 59.6 Å². The van der Waals surface area contributed by atoms with Crippen LogP contribution in [0.25, 0.3) is 0 Å². The summed E-state index contributed by atoms with van der Waals surface area (Å²) in [6.07, 6.45) is 1.58. The van der Waals surface area contributed by atoms with Gasteiger partial charge in [0.1, 0.15) is 10.8 Å². The van der Waals surface area contributed by atoms with Crippen LogP contribution in [-0.2, 0) is 0 Å². The number of thioether (sulfide) groups is 4. The average molecular weight is 391 g/mol. The predicted molar refractivity (Wildman–Crippen MR) is 89.9 cm³/mol. The van der Waals surface area contributed by atoms with Gasteiger partial charge in [-0.2, -0.15) is 10.5 Å². The minimum absolute atomic E-state index is 0.361. The maximum atomic E-state index is 8.50. The van der Waals surface area contributed by atoms with Crippen molar-refractivity contribution in [1.29, 1.82) is 10.5 Å². The Morgan fingerprint density at radius 1 is 1.21 bits per heavy atom. The van der Waals surface area contributed by atoms with Crippen LogP contribution in [0.15, 0.2) is 21.2 Å². The molecule has 3 nitrogen and oxygen atoms in total. The first kappa shape index (κ1) is 17.6. The van der Waals surface area contributed by atoms with Gasteiger partial charge in [-0.05, 0) is 29.6 Å². The number of halogens is 3. The van der Waals surface area contributed by atoms with Crippen molar-refractivity contribution in [1.82, 2.24) is 5.32 Å². The highest BCUT2D eigenvalue weighted by Gasteiger charge is 2.36. The maximum Gasteiger partial charge on any atom is 0.197 e. The number of alkyl halides is 1. The van der Waals surface area contributed by atoms with Crippen LogP contribution in [0.4, 0.5) is 0 Å². The van der Waals surface area contributed by atoms with E-state index in [2.05, 4.69) is 5.32 Å². The van der Waals surface area contributed by atoms with E-state index in [1.54, 1.807) is 6.08 Å². The number of dihydropyridines is 1. The molecule has 10 heteroatoms. The molecule has 0 aromatic heterocycles. The van der Waals surface area contributed by atoms with Gasteiger partial charge in [-0.3, -0.25) is 0 Å². The Labute approximate surface area is 143 Å². The van der Waals surface area contributed by atoms with E-state index in [4.69, 9.17) is 45.3 Å². The highest BCUT2D eigenvalue weighted by Crippen LogP contribution is 2.45. The van der Waals surface area contributed by atoms with E-state index < -0.39 is 4.33 Å². The van der Waals surface area contributed by atoms with Crippen molar-refractivity contribution in [3.8, 4) is 10.8 Å². The molecule has 0 spiro atoms. The summed E-state index contributed by atoms with van der Waals surface area (Å²) in [5, 5.41) is 26.5. The molecule has 1 aliphatic heterocycles. The molecule has 0 saturated heterocycles. The van der Waals surface area contributed by atoms with Crippen LogP contribution >= 0.6 is 81.9 Å². The smallest absolute Gasteiger partial charge is 0.197 e. The van der Waals surface area contributed by atoms with Crippen molar-refractivity contribution >= 4 is 81.9 Å². The standard InChI is InChI=1S/C9H6Cl3N3S4/c10-6-1-7(11)9(12,19-5-17-3-14)15-8(6)18-4-16-2-13/h1,15H,4-5H2. The van der Waals surface area contributed by atoms with Crippen LogP contribution in [0.2, 0.25) is 0 Å². The number of thiocyanates is 2. The van der Waals surface area contributed by atoms with Crippen LogP contribution < -0.4 is 5.32 Å². The van der Waals surface area contributed by atoms with E-state index in [0.717, 1.165) is 23.5 Å². The van der Waals surface area contributed by atoms with Crippen LogP contribution in [0.5, 0.6) is 0 Å². The van der Waals surface area contributed by atoms with Gasteiger partial charge in [0, 0.05) is 0 Å². The molecule has 1 N–H and O–H groups in total. The molecule has 19 heavy (non-hydrogen) atoms. The minimum atomic E-state index is -1.02. The van der Waals surface area contributed by atoms with Gasteiger partial charge in [-0.15, -0.1) is 11.8 Å². The van der Waals surface area contributed by atoms with Gasteiger partial charge in [0.15, 0.2) is 4.33 Å². The molecule has 0 aromatic carbocycles. The number of nitrogens with zero attached hydrogens (tertiary/aromatic N) is 2. The number of hydrogen-bond donors (Lipinski definition) is 1. The second-order valence-corrected chi connectivity index (χ2v) is 8.92. The molecule has 0 radical (unpaired) electrons. The van der Waals surface area contributed by atoms with Gasteiger partial charge in [0.2, 0.25) is 0 Å². The molecule has 1 heterocycles. The van der Waals surface area contributed by atoms with Gasteiger partial charge in [-0.25, -0.2) is 0 Å². The largest absolute Gasteiger partial charge is 0.347 e. The van der Waals surface area contributed by atoms with Crippen LogP contribution in [0.1, 0.15) is 0 Å². The highest BCUT2D eigenvalue weighted by molar-refractivity contribution is 8.20. The van der Waals surface area contributed by atoms with Gasteiger partial charge in [0.25, 0.3) is 0 Å². The summed E-state index contributed by atoms with van der Waals surface area (Å²) in [6, 6.07) is 0. The Morgan fingerprint density at radius 3 is 2.47 bits per heavy atom. The average Bonchev–Trinajstić information content (AvgIpc) is 2.36. The van der Waals surface area contributed by atoms with E-state index in [1.807, 2.05) is 10.8 Å². The van der Waals surface area contributed by atoms with E-state index >= 15 is 0 Å². The summed E-state index contributed by atoms with van der Waals surface area (Å²) < 4.78 is -1.02. The molecule has 0 amide bonds. The zero-order valence-corrected chi connectivity index (χ0v) is 14.7. The molecule has 0 fully saturated rings. The second kappa shape index (κ2) is 8.74. The van der Waals surface area contributed by atoms with Crippen molar-refractivity contribution in [3.63, 3.8) is 0 Å². The summed E-state index contributed by atoms with van der Waals surface area (Å²) in [4.78, 5) is 0. The number of nitrogens with one attached hydrogen (secondary N) is 1. The van der Waals surface area contributed by atoms with Gasteiger partial charge >= 0.3 is 0 Å². The Hall–Kier alpha value is 0.530. The fourth-order valence-electron chi connectivity index (χ4n) is 0.997. The van der Waals surface area contributed by atoms with Crippen molar-refractivity contribution in [3.05, 3.63) is 21.2 Å². The maximum absolute atomic E-state index is 8.50. The normalized spacial score (nSPS) is 22.3. The molecule has 0 saturated carbocycles. The molecule has 0 aliphatic carbocycles. The highest BCUT2D eigenvalue weighted by atomic mass is 35.5. The zero-order valence-electron chi connectivity index (χ0n) is 9.15. The lowest BCUT2D eigenvalue weighted by Gasteiger charge is -2.32. The number of rotatable bonds is 6. The number of hydrogen-bond acceptors (Lipinski definition) is 7. The third-order valence-corrected chi connectivity index (χ3v) is 6.87. The second-order valence-electron chi connectivity index (χ2n) is 2.89. The molecule has 1 aliphatic rings. The van der Waals surface area contributed by atoms with Crippen LogP contribution in [0, 0.1) is 21.3 Å². The Bertz CT molecular complexity index is 482. The SMILES string of the molecule is N#CSCSC1=C(Cl)C=C(Cl)C(Cl)(SCSC#N)N1. The summed E-state index contributed by atoms with van der Waals surface area (Å²) in [7, 11) is 0. The minimum Gasteiger partial charge on any atom is -0.347 e. The third kappa shape index (κ3) is 5.43. The van der Waals surface area contributed by atoms with Gasteiger partial charge < -0.3 is 5.32 Å².